The van der Waals surface area contributed by atoms with Crippen LogP contribution in [0, 0.1) is 23.0 Å². The summed E-state index contributed by atoms with van der Waals surface area (Å²) in [6.07, 6.45) is 0. The fraction of sp³-hybridized carbons (Fsp3) is 0.161. The van der Waals surface area contributed by atoms with E-state index in [1.807, 2.05) is 6.07 Å². The monoisotopic (exact) mass is 586 g/mol. The van der Waals surface area contributed by atoms with Crippen molar-refractivity contribution in [1.29, 1.82) is 5.26 Å². The number of amides is 3. The first-order valence-corrected chi connectivity index (χ1v) is 13.5. The number of methoxy groups -OCH3 is 1. The maximum Gasteiger partial charge on any atom is 0.337 e. The Kier molecular flexibility index (Phi) is 7.49. The summed E-state index contributed by atoms with van der Waals surface area (Å²) < 4.78 is 33.8. The third kappa shape index (κ3) is 5.20. The number of nitrogens with one attached hydrogen (secondary N) is 1. The quantitative estimate of drug-likeness (QED) is 0.188. The van der Waals surface area contributed by atoms with Gasteiger partial charge in [0.25, 0.3) is 5.91 Å². The molecule has 1 aromatic heterocycles. The minimum atomic E-state index is -1.28. The molecule has 1 aliphatic rings. The van der Waals surface area contributed by atoms with Gasteiger partial charge in [-0.1, -0.05) is 6.07 Å². The minimum Gasteiger partial charge on any atom is -0.465 e. The largest absolute Gasteiger partial charge is 0.465 e. The Labute approximate surface area is 244 Å². The SMILES string of the molecule is COC(=O)c1ccc(Nc2cc(F)ccc2CN2C(=O)N(c3ccc(F)c(-c4ccc(C#N)s4)c3)C(=O)C2(C)C)cc1. The van der Waals surface area contributed by atoms with Crippen LogP contribution in [0.1, 0.15) is 34.6 Å². The number of hydrogen-bond acceptors (Lipinski definition) is 7. The van der Waals surface area contributed by atoms with Gasteiger partial charge in [0, 0.05) is 21.8 Å². The van der Waals surface area contributed by atoms with Gasteiger partial charge in [0.05, 0.1) is 24.9 Å². The molecule has 42 heavy (non-hydrogen) atoms. The maximum atomic E-state index is 14.8. The van der Waals surface area contributed by atoms with Gasteiger partial charge in [-0.05, 0) is 86.1 Å². The van der Waals surface area contributed by atoms with Crippen LogP contribution in [0.15, 0.2) is 72.8 Å². The number of imide groups is 1. The Morgan fingerprint density at radius 3 is 2.43 bits per heavy atom. The molecule has 1 fully saturated rings. The molecular weight excluding hydrogens is 562 g/mol. The van der Waals surface area contributed by atoms with Crippen molar-refractivity contribution in [3.8, 4) is 16.5 Å². The Hall–Kier alpha value is -5.08. The number of nitrogens with zero attached hydrogens (tertiary/aromatic N) is 3. The molecule has 0 saturated carbocycles. The number of halogens is 2. The van der Waals surface area contributed by atoms with Crippen molar-refractivity contribution in [3.05, 3.63) is 100 Å². The molecule has 1 saturated heterocycles. The van der Waals surface area contributed by atoms with E-state index < -0.39 is 35.1 Å². The highest BCUT2D eigenvalue weighted by Crippen LogP contribution is 2.38. The molecule has 11 heteroatoms. The highest BCUT2D eigenvalue weighted by atomic mass is 32.1. The first-order valence-electron chi connectivity index (χ1n) is 12.7. The lowest BCUT2D eigenvalue weighted by atomic mass is 10.0. The molecule has 212 valence electrons. The van der Waals surface area contributed by atoms with Crippen molar-refractivity contribution < 1.29 is 27.9 Å². The highest BCUT2D eigenvalue weighted by Gasteiger charge is 2.52. The van der Waals surface area contributed by atoms with Crippen LogP contribution < -0.4 is 10.2 Å². The van der Waals surface area contributed by atoms with Crippen LogP contribution in [0.25, 0.3) is 10.4 Å². The van der Waals surface area contributed by atoms with Crippen LogP contribution in [0.3, 0.4) is 0 Å². The van der Waals surface area contributed by atoms with Crippen molar-refractivity contribution in [2.45, 2.75) is 25.9 Å². The molecule has 0 radical (unpaired) electrons. The average molecular weight is 587 g/mol. The van der Waals surface area contributed by atoms with E-state index in [0.717, 1.165) is 16.2 Å². The number of urea groups is 1. The molecule has 0 spiro atoms. The highest BCUT2D eigenvalue weighted by molar-refractivity contribution is 7.16. The number of esters is 1. The molecule has 3 amide bonds. The summed E-state index contributed by atoms with van der Waals surface area (Å²) >= 11 is 1.10. The molecule has 1 aliphatic heterocycles. The van der Waals surface area contributed by atoms with Crippen LogP contribution in [-0.2, 0) is 16.1 Å². The number of carbonyl (C=O) groups is 3. The first kappa shape index (κ1) is 28.4. The van der Waals surface area contributed by atoms with Gasteiger partial charge in [0.1, 0.15) is 28.1 Å². The van der Waals surface area contributed by atoms with E-state index in [2.05, 4.69) is 5.32 Å². The Morgan fingerprint density at radius 2 is 1.76 bits per heavy atom. The zero-order valence-electron chi connectivity index (χ0n) is 22.8. The summed E-state index contributed by atoms with van der Waals surface area (Å²) in [6, 6.07) is 19.0. The van der Waals surface area contributed by atoms with Gasteiger partial charge in [-0.2, -0.15) is 5.26 Å². The second kappa shape index (κ2) is 11.1. The lowest BCUT2D eigenvalue weighted by Gasteiger charge is -2.28. The van der Waals surface area contributed by atoms with Crippen LogP contribution >= 0.6 is 11.3 Å². The summed E-state index contributed by atoms with van der Waals surface area (Å²) in [5, 5.41) is 12.3. The third-order valence-corrected chi connectivity index (χ3v) is 8.02. The molecule has 1 N–H and O–H groups in total. The van der Waals surface area contributed by atoms with Gasteiger partial charge in [-0.3, -0.25) is 4.79 Å². The molecular formula is C31H24F2N4O4S. The van der Waals surface area contributed by atoms with Crippen molar-refractivity contribution in [3.63, 3.8) is 0 Å². The fourth-order valence-electron chi connectivity index (χ4n) is 4.65. The smallest absolute Gasteiger partial charge is 0.337 e. The Balaban J connectivity index is 1.44. The second-order valence-corrected chi connectivity index (χ2v) is 11.1. The number of anilines is 3. The van der Waals surface area contributed by atoms with E-state index in [1.165, 1.54) is 48.4 Å². The summed E-state index contributed by atoms with van der Waals surface area (Å²) in [5.41, 5.74) is 0.879. The van der Waals surface area contributed by atoms with Gasteiger partial charge in [-0.15, -0.1) is 11.3 Å². The van der Waals surface area contributed by atoms with Crippen molar-refractivity contribution in [2.24, 2.45) is 0 Å². The van der Waals surface area contributed by atoms with Crippen molar-refractivity contribution >= 4 is 46.3 Å². The molecule has 0 unspecified atom stereocenters. The van der Waals surface area contributed by atoms with Crippen molar-refractivity contribution in [1.82, 2.24) is 4.90 Å². The number of ether oxygens (including phenoxy) is 1. The number of carbonyl (C=O) groups excluding carboxylic acids is 3. The third-order valence-electron chi connectivity index (χ3n) is 7.00. The van der Waals surface area contributed by atoms with Gasteiger partial charge >= 0.3 is 12.0 Å². The van der Waals surface area contributed by atoms with Crippen LogP contribution in [0.2, 0.25) is 0 Å². The predicted molar refractivity (Wildman–Crippen MR) is 154 cm³/mol. The lowest BCUT2D eigenvalue weighted by Crippen LogP contribution is -2.43. The molecule has 0 bridgehead atoms. The summed E-state index contributed by atoms with van der Waals surface area (Å²) in [6.45, 7) is 3.18. The van der Waals surface area contributed by atoms with Crippen LogP contribution in [0.5, 0.6) is 0 Å². The fourth-order valence-corrected chi connectivity index (χ4v) is 5.47. The van der Waals surface area contributed by atoms with E-state index >= 15 is 0 Å². The molecule has 8 nitrogen and oxygen atoms in total. The maximum absolute atomic E-state index is 14.8. The summed E-state index contributed by atoms with van der Waals surface area (Å²) in [5.74, 6) is -2.07. The Morgan fingerprint density at radius 1 is 1.02 bits per heavy atom. The number of benzene rings is 3. The molecule has 0 aliphatic carbocycles. The van der Waals surface area contributed by atoms with E-state index in [4.69, 9.17) is 10.00 Å². The number of rotatable bonds is 7. The zero-order valence-corrected chi connectivity index (χ0v) is 23.6. The second-order valence-electron chi connectivity index (χ2n) is 10.0. The van der Waals surface area contributed by atoms with Gasteiger partial charge < -0.3 is 15.0 Å². The number of hydrogen-bond donors (Lipinski definition) is 1. The number of nitriles is 1. The van der Waals surface area contributed by atoms with Crippen molar-refractivity contribution in [2.75, 3.05) is 17.3 Å². The standard InChI is InChI=1S/C31H24F2N4O4S/c1-31(2)29(39)37(22-10-12-25(33)24(15-22)27-13-11-23(16-34)42-27)30(40)36(31)17-19-4-7-20(32)14-26(19)35-21-8-5-18(6-9-21)28(38)41-3/h4-15,35H,17H2,1-3H3. The Bertz CT molecular complexity index is 1760. The average Bonchev–Trinajstić information content (AvgIpc) is 3.52. The molecule has 4 aromatic rings. The minimum absolute atomic E-state index is 0.0402. The van der Waals surface area contributed by atoms with Crippen LogP contribution in [-0.4, -0.2) is 35.5 Å². The normalized spacial score (nSPS) is 14.2. The zero-order chi connectivity index (χ0) is 30.2. The first-order chi connectivity index (χ1) is 20.0. The van der Waals surface area contributed by atoms with E-state index in [-0.39, 0.29) is 17.8 Å². The molecule has 3 aromatic carbocycles. The summed E-state index contributed by atoms with van der Waals surface area (Å²) in [7, 11) is 1.28. The molecule has 5 rings (SSSR count). The van der Waals surface area contributed by atoms with Crippen LogP contribution in [0.4, 0.5) is 30.6 Å². The topological polar surface area (TPSA) is 103 Å². The van der Waals surface area contributed by atoms with E-state index in [9.17, 15) is 23.2 Å². The number of thiophene rings is 1. The van der Waals surface area contributed by atoms with Gasteiger partial charge in [0.2, 0.25) is 0 Å². The predicted octanol–water partition coefficient (Wildman–Crippen LogP) is 6.84. The summed E-state index contributed by atoms with van der Waals surface area (Å²) in [4.78, 5) is 42.3. The molecule has 2 heterocycles. The van der Waals surface area contributed by atoms with Gasteiger partial charge in [0.15, 0.2) is 0 Å². The lowest BCUT2D eigenvalue weighted by molar-refractivity contribution is -0.123. The molecule has 0 atom stereocenters. The van der Waals surface area contributed by atoms with Gasteiger partial charge in [-0.25, -0.2) is 23.3 Å². The van der Waals surface area contributed by atoms with E-state index in [0.29, 0.717) is 32.3 Å². The van der Waals surface area contributed by atoms with E-state index in [1.54, 1.807) is 50.2 Å².